The van der Waals surface area contributed by atoms with Crippen molar-refractivity contribution >= 4 is 69.3 Å². The summed E-state index contributed by atoms with van der Waals surface area (Å²) >= 11 is 1.18. The van der Waals surface area contributed by atoms with Crippen LogP contribution in [0.4, 0.5) is 11.4 Å². The number of para-hydroxylation sites is 2. The molecule has 0 aliphatic rings. The Morgan fingerprint density at radius 2 is 0.794 bits per heavy atom. The van der Waals surface area contributed by atoms with Gasteiger partial charge in [-0.2, -0.15) is 0 Å². The predicted octanol–water partition coefficient (Wildman–Crippen LogP) is 16.0. The molecule has 358 valence electrons. The Hall–Kier alpha value is -4.68. The van der Waals surface area contributed by atoms with Crippen molar-refractivity contribution in [3.63, 3.8) is 0 Å². The number of halogens is 1. The van der Waals surface area contributed by atoms with E-state index in [0.29, 0.717) is 15.8 Å². The quantitative estimate of drug-likeness (QED) is 0.0838. The van der Waals surface area contributed by atoms with Crippen molar-refractivity contribution in [1.29, 1.82) is 0 Å². The van der Waals surface area contributed by atoms with Crippen LogP contribution in [0.15, 0.2) is 184 Å². The molecule has 0 fully saturated rings. The summed E-state index contributed by atoms with van der Waals surface area (Å²) in [7, 11) is -7.20. The summed E-state index contributed by atoms with van der Waals surface area (Å²) in [5.74, 6) is 0. The Morgan fingerprint density at radius 1 is 0.426 bits per heavy atom. The summed E-state index contributed by atoms with van der Waals surface area (Å²) in [6, 6.07) is 54.3. The molecule has 68 heavy (non-hydrogen) atoms. The first-order valence-corrected chi connectivity index (χ1v) is 35.1. The van der Waals surface area contributed by atoms with Gasteiger partial charge >= 0.3 is 131 Å². The molecule has 6 nitrogen and oxygen atoms in total. The van der Waals surface area contributed by atoms with Gasteiger partial charge < -0.3 is 0 Å². The number of unbranched alkanes of at least 4 members (excludes halogenated alkanes) is 3. The molecule has 0 saturated carbocycles. The molecule has 0 spiro atoms. The molecule has 0 amide bonds. The van der Waals surface area contributed by atoms with Crippen molar-refractivity contribution in [2.45, 2.75) is 110 Å². The molecule has 0 atom stereocenters. The Balaban J connectivity index is 0.000000200. The van der Waals surface area contributed by atoms with Crippen LogP contribution in [0.2, 0.25) is 13.3 Å². The van der Waals surface area contributed by atoms with Gasteiger partial charge in [0.1, 0.15) is 0 Å². The average molecular weight is 1120 g/mol. The molecule has 0 aliphatic carbocycles. The van der Waals surface area contributed by atoms with Crippen molar-refractivity contribution in [2.24, 2.45) is 0 Å². The van der Waals surface area contributed by atoms with E-state index in [4.69, 9.17) is 0 Å². The standard InChI is InChI=1S/C26H23NO2S.C13H12BrNO2S.C7H7.3C4H9.Sn/c1-19-11-17-23(18-12-19)30(28,29)27-26-10-6-5-9-25(26)22-15-13-21(14-16-22)24-8-4-3-7-20(24)2;1-10-6-8-11(9-7-10)18(16,17)15-13-5-3-2-4-12(13)14;1-7-5-3-2-4-6-7;3*1-3-4-2;/h3-18,27H,1-2H3;2-9,15H,1H3;3-6H,1H3;3*1,3-4H2,2H3;. The van der Waals surface area contributed by atoms with Crippen LogP contribution in [-0.2, 0) is 20.0 Å². The largest absolute Gasteiger partial charge is 0.279 e. The number of nitrogens with one attached hydrogen (secondary N) is 2. The molecule has 0 radical (unpaired) electrons. The van der Waals surface area contributed by atoms with E-state index in [9.17, 15) is 16.8 Å². The minimum atomic E-state index is -3.67. The topological polar surface area (TPSA) is 92.3 Å². The van der Waals surface area contributed by atoms with E-state index in [0.717, 1.165) is 27.8 Å². The fraction of sp³-hybridized carbons (Fsp3) is 0.276. The summed E-state index contributed by atoms with van der Waals surface area (Å²) in [5, 5.41) is 0. The minimum absolute atomic E-state index is 0.248. The van der Waals surface area contributed by atoms with Gasteiger partial charge in [-0.1, -0.05) is 114 Å². The number of benzene rings is 7. The van der Waals surface area contributed by atoms with Crippen LogP contribution >= 0.6 is 15.9 Å². The first-order chi connectivity index (χ1) is 32.6. The molecule has 0 aliphatic heterocycles. The molecule has 0 saturated heterocycles. The van der Waals surface area contributed by atoms with Crippen LogP contribution in [0.1, 0.15) is 81.5 Å². The first-order valence-electron chi connectivity index (χ1n) is 23.9. The normalized spacial score (nSPS) is 11.4. The van der Waals surface area contributed by atoms with Gasteiger partial charge in [-0.25, -0.2) is 16.8 Å². The third-order valence-electron chi connectivity index (χ3n) is 12.3. The van der Waals surface area contributed by atoms with Gasteiger partial charge in [0.25, 0.3) is 20.0 Å². The zero-order valence-corrected chi connectivity index (χ0v) is 46.9. The zero-order valence-electron chi connectivity index (χ0n) is 40.9. The summed E-state index contributed by atoms with van der Waals surface area (Å²) in [6.07, 6.45) is 8.46. The number of rotatable bonds is 18. The Morgan fingerprint density at radius 3 is 1.24 bits per heavy atom. The molecule has 0 bridgehead atoms. The van der Waals surface area contributed by atoms with E-state index in [2.05, 4.69) is 109 Å². The van der Waals surface area contributed by atoms with Crippen molar-refractivity contribution < 1.29 is 16.8 Å². The van der Waals surface area contributed by atoms with E-state index in [1.54, 1.807) is 89.7 Å². The summed E-state index contributed by atoms with van der Waals surface area (Å²) in [4.78, 5) is 0.502. The van der Waals surface area contributed by atoms with E-state index >= 15 is 0 Å². The van der Waals surface area contributed by atoms with Gasteiger partial charge in [-0.3, -0.25) is 9.44 Å². The molecule has 0 aromatic heterocycles. The zero-order chi connectivity index (χ0) is 49.2. The van der Waals surface area contributed by atoms with Gasteiger partial charge in [-0.05, 0) is 101 Å². The fourth-order valence-corrected chi connectivity index (χ4v) is 26.8. The predicted molar refractivity (Wildman–Crippen MR) is 296 cm³/mol. The van der Waals surface area contributed by atoms with Crippen LogP contribution in [0.3, 0.4) is 0 Å². The number of hydrogen-bond donors (Lipinski definition) is 2. The third kappa shape index (κ3) is 15.7. The second kappa shape index (κ2) is 26.3. The van der Waals surface area contributed by atoms with Crippen LogP contribution in [0.25, 0.3) is 22.3 Å². The molecule has 0 unspecified atom stereocenters. The molecule has 7 aromatic carbocycles. The Kier molecular flexibility index (Phi) is 21.0. The van der Waals surface area contributed by atoms with E-state index in [1.807, 2.05) is 62.4 Å². The molecular weight excluding hydrogens is 1050 g/mol. The molecule has 7 aromatic rings. The number of hydrogen-bond acceptors (Lipinski definition) is 4. The Bertz CT molecular complexity index is 2850. The van der Waals surface area contributed by atoms with Crippen LogP contribution < -0.4 is 13.0 Å². The smallest absolute Gasteiger partial charge is 0.261 e. The van der Waals surface area contributed by atoms with Gasteiger partial charge in [0.05, 0.1) is 21.2 Å². The molecule has 2 N–H and O–H groups in total. The fourth-order valence-electron chi connectivity index (χ4n) is 8.20. The van der Waals surface area contributed by atoms with Gasteiger partial charge in [0.15, 0.2) is 0 Å². The average Bonchev–Trinajstić information content (AvgIpc) is 3.33. The van der Waals surface area contributed by atoms with Crippen LogP contribution in [0, 0.1) is 27.7 Å². The summed E-state index contributed by atoms with van der Waals surface area (Å²) in [5.41, 5.74) is 9.87. The maximum atomic E-state index is 12.9. The van der Waals surface area contributed by atoms with E-state index in [-0.39, 0.29) is 9.79 Å². The minimum Gasteiger partial charge on any atom is -0.279 e. The van der Waals surface area contributed by atoms with Crippen molar-refractivity contribution in [1.82, 2.24) is 0 Å². The number of sulfonamides is 2. The van der Waals surface area contributed by atoms with Crippen molar-refractivity contribution in [3.05, 3.63) is 197 Å². The van der Waals surface area contributed by atoms with Gasteiger partial charge in [0, 0.05) is 10.0 Å². The second-order valence-electron chi connectivity index (χ2n) is 17.7. The number of anilines is 2. The van der Waals surface area contributed by atoms with Crippen LogP contribution in [-0.4, -0.2) is 35.2 Å². The SMILES string of the molecule is CCC[CH2][Sn]([CH2]CCC)([CH2]CCC)[c]1ccc(C)cc1.Cc1ccc(S(=O)(=O)Nc2ccccc2-c2ccc(-c3ccccc3C)cc2)cc1.Cc1ccc(S(=O)(=O)Nc2ccccc2Br)cc1. The van der Waals surface area contributed by atoms with Gasteiger partial charge in [0.2, 0.25) is 0 Å². The monoisotopic (exact) mass is 1120 g/mol. The third-order valence-corrected chi connectivity index (χ3v) is 31.4. The number of aryl methyl sites for hydroxylation is 4. The van der Waals surface area contributed by atoms with Crippen LogP contribution in [0.5, 0.6) is 0 Å². The molecular formula is C58H69BrN2O4S2Sn. The summed E-state index contributed by atoms with van der Waals surface area (Å²) < 4.78 is 62.5. The van der Waals surface area contributed by atoms with Crippen molar-refractivity contribution in [2.75, 3.05) is 9.44 Å². The maximum absolute atomic E-state index is 12.9. The first kappa shape index (κ1) is 54.3. The Labute approximate surface area is 421 Å². The van der Waals surface area contributed by atoms with Crippen molar-refractivity contribution in [3.8, 4) is 22.3 Å². The second-order valence-corrected chi connectivity index (χ2v) is 35.2. The summed E-state index contributed by atoms with van der Waals surface area (Å²) in [6.45, 7) is 15.2. The molecule has 10 heteroatoms. The molecule has 0 heterocycles. The van der Waals surface area contributed by atoms with Gasteiger partial charge in [-0.15, -0.1) is 0 Å². The molecule has 7 rings (SSSR count). The van der Waals surface area contributed by atoms with E-state index in [1.165, 1.54) is 55.2 Å². The maximum Gasteiger partial charge on any atom is 0.261 e. The van der Waals surface area contributed by atoms with E-state index < -0.39 is 38.4 Å².